The Morgan fingerprint density at radius 2 is 1.70 bits per heavy atom. The van der Waals surface area contributed by atoms with Crippen LogP contribution in [0, 0.1) is 17.5 Å². The number of nitrogens with two attached hydrogens (primary N) is 1. The van der Waals surface area contributed by atoms with Crippen LogP contribution >= 0.6 is 15.9 Å². The zero-order chi connectivity index (χ0) is 14.9. The van der Waals surface area contributed by atoms with E-state index in [0.717, 1.165) is 18.2 Å². The molecule has 0 unspecified atom stereocenters. The van der Waals surface area contributed by atoms with E-state index in [4.69, 9.17) is 5.73 Å². The third kappa shape index (κ3) is 2.77. The fourth-order valence-electron chi connectivity index (χ4n) is 1.58. The van der Waals surface area contributed by atoms with Crippen LogP contribution in [0.15, 0.2) is 34.8 Å². The van der Waals surface area contributed by atoms with Crippen molar-refractivity contribution in [2.24, 2.45) is 0 Å². The fourth-order valence-corrected chi connectivity index (χ4v) is 1.98. The van der Waals surface area contributed by atoms with E-state index in [0.29, 0.717) is 0 Å². The third-order valence-corrected chi connectivity index (χ3v) is 3.00. The molecular formula is C13H8BrF3N2O. The van der Waals surface area contributed by atoms with E-state index >= 15 is 0 Å². The first kappa shape index (κ1) is 14.4. The smallest absolute Gasteiger partial charge is 0.258 e. The molecule has 0 heterocycles. The van der Waals surface area contributed by atoms with Crippen molar-refractivity contribution in [2.45, 2.75) is 0 Å². The van der Waals surface area contributed by atoms with Gasteiger partial charge >= 0.3 is 0 Å². The van der Waals surface area contributed by atoms with Crippen LogP contribution in [0.2, 0.25) is 0 Å². The topological polar surface area (TPSA) is 55.1 Å². The van der Waals surface area contributed by atoms with Gasteiger partial charge in [0, 0.05) is 4.47 Å². The maximum Gasteiger partial charge on any atom is 0.258 e. The van der Waals surface area contributed by atoms with E-state index in [1.165, 1.54) is 12.1 Å². The van der Waals surface area contributed by atoms with Gasteiger partial charge in [-0.25, -0.2) is 13.2 Å². The molecule has 0 aromatic heterocycles. The molecule has 2 rings (SSSR count). The highest BCUT2D eigenvalue weighted by molar-refractivity contribution is 9.10. The summed E-state index contributed by atoms with van der Waals surface area (Å²) >= 11 is 2.92. The molecular weight excluding hydrogens is 337 g/mol. The average molecular weight is 345 g/mol. The molecule has 0 saturated heterocycles. The van der Waals surface area contributed by atoms with E-state index in [2.05, 4.69) is 15.9 Å². The molecule has 0 spiro atoms. The van der Waals surface area contributed by atoms with Gasteiger partial charge in [-0.05, 0) is 24.3 Å². The van der Waals surface area contributed by atoms with Crippen LogP contribution in [0.3, 0.4) is 0 Å². The van der Waals surface area contributed by atoms with Gasteiger partial charge < -0.3 is 11.1 Å². The SMILES string of the molecule is Nc1c(F)cccc1C(=O)Nc1c(F)cc(Br)cc1F. The van der Waals surface area contributed by atoms with Crippen LogP contribution in [0.5, 0.6) is 0 Å². The molecule has 0 bridgehead atoms. The van der Waals surface area contributed by atoms with Crippen LogP contribution in [0.4, 0.5) is 24.5 Å². The van der Waals surface area contributed by atoms with Gasteiger partial charge in [0.05, 0.1) is 11.3 Å². The number of amides is 1. The van der Waals surface area contributed by atoms with Crippen molar-refractivity contribution in [1.82, 2.24) is 0 Å². The lowest BCUT2D eigenvalue weighted by Crippen LogP contribution is -2.16. The van der Waals surface area contributed by atoms with Crippen molar-refractivity contribution in [3.63, 3.8) is 0 Å². The molecule has 0 fully saturated rings. The molecule has 0 aliphatic carbocycles. The third-order valence-electron chi connectivity index (χ3n) is 2.54. The number of hydrogen-bond donors (Lipinski definition) is 2. The number of halogens is 4. The minimum atomic E-state index is -0.958. The summed E-state index contributed by atoms with van der Waals surface area (Å²) in [5.41, 5.74) is 4.19. The summed E-state index contributed by atoms with van der Waals surface area (Å²) in [4.78, 5) is 11.9. The van der Waals surface area contributed by atoms with E-state index in [9.17, 15) is 18.0 Å². The van der Waals surface area contributed by atoms with Gasteiger partial charge in [-0.1, -0.05) is 22.0 Å². The molecule has 0 aliphatic heterocycles. The molecule has 3 N–H and O–H groups in total. The molecule has 0 aliphatic rings. The van der Waals surface area contributed by atoms with Gasteiger partial charge in [-0.3, -0.25) is 4.79 Å². The summed E-state index contributed by atoms with van der Waals surface area (Å²) in [5, 5.41) is 2.03. The Bertz CT molecular complexity index is 668. The van der Waals surface area contributed by atoms with Crippen LogP contribution in [-0.2, 0) is 0 Å². The Kier molecular flexibility index (Phi) is 3.99. The maximum absolute atomic E-state index is 13.6. The van der Waals surface area contributed by atoms with Gasteiger partial charge in [-0.2, -0.15) is 0 Å². The molecule has 3 nitrogen and oxygen atoms in total. The lowest BCUT2D eigenvalue weighted by molar-refractivity contribution is 0.102. The number of carbonyl (C=O) groups is 1. The second-order valence-corrected chi connectivity index (χ2v) is 4.82. The number of para-hydroxylation sites is 1. The lowest BCUT2D eigenvalue weighted by atomic mass is 10.1. The van der Waals surface area contributed by atoms with E-state index < -0.39 is 29.0 Å². The van der Waals surface area contributed by atoms with Gasteiger partial charge in [0.25, 0.3) is 5.91 Å². The van der Waals surface area contributed by atoms with Gasteiger partial charge in [0.1, 0.15) is 11.5 Å². The zero-order valence-electron chi connectivity index (χ0n) is 9.88. The molecule has 2 aromatic carbocycles. The molecule has 0 radical (unpaired) electrons. The molecule has 7 heteroatoms. The normalized spacial score (nSPS) is 10.4. The predicted octanol–water partition coefficient (Wildman–Crippen LogP) is 3.70. The first-order valence-electron chi connectivity index (χ1n) is 5.40. The maximum atomic E-state index is 13.6. The first-order chi connectivity index (χ1) is 9.40. The summed E-state index contributed by atoms with van der Waals surface area (Å²) in [5.74, 6) is -3.60. The summed E-state index contributed by atoms with van der Waals surface area (Å²) in [6, 6.07) is 5.59. The van der Waals surface area contributed by atoms with Gasteiger partial charge in [0.2, 0.25) is 0 Å². The first-order valence-corrected chi connectivity index (χ1v) is 6.19. The highest BCUT2D eigenvalue weighted by Gasteiger charge is 2.17. The van der Waals surface area contributed by atoms with Crippen LogP contribution in [0.1, 0.15) is 10.4 Å². The molecule has 104 valence electrons. The van der Waals surface area contributed by atoms with E-state index in [1.807, 2.05) is 5.32 Å². The number of nitrogens with one attached hydrogen (secondary N) is 1. The summed E-state index contributed by atoms with van der Waals surface area (Å²) in [7, 11) is 0. The minimum absolute atomic E-state index is 0.191. The van der Waals surface area contributed by atoms with Crippen molar-refractivity contribution in [2.75, 3.05) is 11.1 Å². The molecule has 0 saturated carbocycles. The summed E-state index contributed by atoms with van der Waals surface area (Å²) in [6.07, 6.45) is 0. The van der Waals surface area contributed by atoms with E-state index in [1.54, 1.807) is 0 Å². The number of anilines is 2. The number of hydrogen-bond acceptors (Lipinski definition) is 2. The Balaban J connectivity index is 2.36. The van der Waals surface area contributed by atoms with Crippen molar-refractivity contribution in [1.29, 1.82) is 0 Å². The van der Waals surface area contributed by atoms with Gasteiger partial charge in [0.15, 0.2) is 11.6 Å². The second kappa shape index (κ2) is 5.54. The summed E-state index contributed by atoms with van der Waals surface area (Å²) in [6.45, 7) is 0. The number of rotatable bonds is 2. The van der Waals surface area contributed by atoms with Crippen LogP contribution < -0.4 is 11.1 Å². The monoisotopic (exact) mass is 344 g/mol. The average Bonchev–Trinajstić information content (AvgIpc) is 2.36. The number of carbonyl (C=O) groups excluding carboxylic acids is 1. The standard InChI is InChI=1S/C13H8BrF3N2O/c14-6-4-9(16)12(10(17)5-6)19-13(20)7-2-1-3-8(15)11(7)18/h1-5H,18H2,(H,19,20). The van der Waals surface area contributed by atoms with Crippen molar-refractivity contribution in [3.8, 4) is 0 Å². The van der Waals surface area contributed by atoms with E-state index in [-0.39, 0.29) is 15.7 Å². The highest BCUT2D eigenvalue weighted by atomic mass is 79.9. The fraction of sp³-hybridized carbons (Fsp3) is 0. The highest BCUT2D eigenvalue weighted by Crippen LogP contribution is 2.25. The summed E-state index contributed by atoms with van der Waals surface area (Å²) < 4.78 is 40.6. The Labute approximate surface area is 120 Å². The number of benzene rings is 2. The zero-order valence-corrected chi connectivity index (χ0v) is 11.5. The van der Waals surface area contributed by atoms with Crippen LogP contribution in [0.25, 0.3) is 0 Å². The lowest BCUT2D eigenvalue weighted by Gasteiger charge is -2.10. The van der Waals surface area contributed by atoms with Gasteiger partial charge in [-0.15, -0.1) is 0 Å². The Morgan fingerprint density at radius 3 is 2.30 bits per heavy atom. The molecule has 2 aromatic rings. The quantitative estimate of drug-likeness (QED) is 0.816. The van der Waals surface area contributed by atoms with Crippen molar-refractivity contribution < 1.29 is 18.0 Å². The van der Waals surface area contributed by atoms with Crippen molar-refractivity contribution >= 4 is 33.2 Å². The molecule has 1 amide bonds. The minimum Gasteiger partial charge on any atom is -0.396 e. The Hall–Kier alpha value is -2.02. The van der Waals surface area contributed by atoms with Crippen LogP contribution in [-0.4, -0.2) is 5.91 Å². The van der Waals surface area contributed by atoms with Crippen molar-refractivity contribution in [3.05, 3.63) is 57.8 Å². The predicted molar refractivity (Wildman–Crippen MR) is 72.8 cm³/mol. The second-order valence-electron chi connectivity index (χ2n) is 3.90. The Morgan fingerprint density at radius 1 is 1.10 bits per heavy atom. The number of nitrogen functional groups attached to an aromatic ring is 1. The molecule has 20 heavy (non-hydrogen) atoms. The largest absolute Gasteiger partial charge is 0.396 e. The molecule has 0 atom stereocenters.